The van der Waals surface area contributed by atoms with Crippen LogP contribution in [0.1, 0.15) is 11.1 Å². The van der Waals surface area contributed by atoms with Crippen LogP contribution in [0.25, 0.3) is 0 Å². The Bertz CT molecular complexity index is 709. The fraction of sp³-hybridized carbons (Fsp3) is 0.333. The molecule has 2 N–H and O–H groups in total. The van der Waals surface area contributed by atoms with Gasteiger partial charge in [0.15, 0.2) is 0 Å². The van der Waals surface area contributed by atoms with Crippen molar-refractivity contribution >= 4 is 27.5 Å². The molecule has 24 heavy (non-hydrogen) atoms. The Labute approximate surface area is 154 Å². The molecule has 0 aromatic heterocycles. The molecule has 0 amide bonds. The third-order valence-electron chi connectivity index (χ3n) is 3.97. The van der Waals surface area contributed by atoms with E-state index < -0.39 is 0 Å². The topological polar surface area (TPSA) is 33.3 Å². The zero-order valence-corrected chi connectivity index (χ0v) is 15.5. The molecule has 3 rings (SSSR count). The summed E-state index contributed by atoms with van der Waals surface area (Å²) in [5, 5.41) is 7.26. The summed E-state index contributed by atoms with van der Waals surface area (Å²) >= 11 is 9.39. The van der Waals surface area contributed by atoms with Crippen molar-refractivity contribution in [3.63, 3.8) is 0 Å². The SMILES string of the molecule is Fc1cc(CNCC2CNC2)cc(OCc2ccc(Cl)cc2Br)c1. The monoisotopic (exact) mass is 412 g/mol. The predicted octanol–water partition coefficient (Wildman–Crippen LogP) is 4.13. The van der Waals surface area contributed by atoms with Crippen LogP contribution in [0.3, 0.4) is 0 Å². The van der Waals surface area contributed by atoms with Gasteiger partial charge in [0.05, 0.1) is 0 Å². The highest BCUT2D eigenvalue weighted by Crippen LogP contribution is 2.24. The van der Waals surface area contributed by atoms with E-state index in [1.807, 2.05) is 18.2 Å². The molecule has 0 radical (unpaired) electrons. The Morgan fingerprint density at radius 2 is 2.08 bits per heavy atom. The molecule has 0 aliphatic carbocycles. The number of halogens is 3. The van der Waals surface area contributed by atoms with Crippen molar-refractivity contribution in [3.05, 3.63) is 62.8 Å². The summed E-state index contributed by atoms with van der Waals surface area (Å²) in [7, 11) is 0. The minimum atomic E-state index is -0.287. The van der Waals surface area contributed by atoms with Crippen molar-refractivity contribution in [1.29, 1.82) is 0 Å². The summed E-state index contributed by atoms with van der Waals surface area (Å²) < 4.78 is 20.4. The molecule has 3 nitrogen and oxygen atoms in total. The predicted molar refractivity (Wildman–Crippen MR) is 98.0 cm³/mol. The molecule has 1 heterocycles. The second kappa shape index (κ2) is 8.30. The summed E-state index contributed by atoms with van der Waals surface area (Å²) in [6.45, 7) is 4.04. The average Bonchev–Trinajstić information content (AvgIpc) is 2.48. The first-order chi connectivity index (χ1) is 11.6. The summed E-state index contributed by atoms with van der Waals surface area (Å²) in [4.78, 5) is 0. The standard InChI is InChI=1S/C18H19BrClFN2O/c19-18-5-15(20)2-1-14(18)11-24-17-4-12(3-16(21)6-17)7-22-8-13-9-23-10-13/h1-6,13,22-23H,7-11H2. The summed E-state index contributed by atoms with van der Waals surface area (Å²) in [5.41, 5.74) is 1.84. The number of rotatable bonds is 7. The normalized spacial score (nSPS) is 14.5. The van der Waals surface area contributed by atoms with E-state index in [0.29, 0.717) is 29.8 Å². The molecule has 1 saturated heterocycles. The van der Waals surface area contributed by atoms with Crippen molar-refractivity contribution in [1.82, 2.24) is 10.6 Å². The minimum absolute atomic E-state index is 0.287. The van der Waals surface area contributed by atoms with Crippen LogP contribution in [0, 0.1) is 11.7 Å². The molecule has 1 aliphatic heterocycles. The van der Waals surface area contributed by atoms with Crippen molar-refractivity contribution < 1.29 is 9.13 Å². The fourth-order valence-electron chi connectivity index (χ4n) is 2.52. The van der Waals surface area contributed by atoms with Crippen LogP contribution in [-0.4, -0.2) is 19.6 Å². The first-order valence-electron chi connectivity index (χ1n) is 7.88. The second-order valence-corrected chi connectivity index (χ2v) is 7.27. The Morgan fingerprint density at radius 1 is 1.25 bits per heavy atom. The number of hydrogen-bond acceptors (Lipinski definition) is 3. The highest BCUT2D eigenvalue weighted by molar-refractivity contribution is 9.10. The molecule has 0 saturated carbocycles. The maximum atomic E-state index is 13.8. The fourth-order valence-corrected chi connectivity index (χ4v) is 3.32. The molecule has 1 fully saturated rings. The highest BCUT2D eigenvalue weighted by atomic mass is 79.9. The van der Waals surface area contributed by atoms with Crippen molar-refractivity contribution in [3.8, 4) is 5.75 Å². The van der Waals surface area contributed by atoms with Crippen LogP contribution in [0.15, 0.2) is 40.9 Å². The molecule has 2 aromatic rings. The lowest BCUT2D eigenvalue weighted by molar-refractivity contribution is 0.303. The number of hydrogen-bond donors (Lipinski definition) is 2. The van der Waals surface area contributed by atoms with Gasteiger partial charge in [-0.05, 0) is 35.7 Å². The number of nitrogens with one attached hydrogen (secondary N) is 2. The van der Waals surface area contributed by atoms with Gasteiger partial charge in [-0.2, -0.15) is 0 Å². The van der Waals surface area contributed by atoms with Gasteiger partial charge in [0, 0.05) is 47.3 Å². The lowest BCUT2D eigenvalue weighted by atomic mass is 10.0. The minimum Gasteiger partial charge on any atom is -0.489 e. The Morgan fingerprint density at radius 3 is 2.79 bits per heavy atom. The van der Waals surface area contributed by atoms with Crippen LogP contribution < -0.4 is 15.4 Å². The quantitative estimate of drug-likeness (QED) is 0.716. The second-order valence-electron chi connectivity index (χ2n) is 5.97. The Hall–Kier alpha value is -1.14. The van der Waals surface area contributed by atoms with Crippen molar-refractivity contribution in [2.45, 2.75) is 13.2 Å². The van der Waals surface area contributed by atoms with Crippen LogP contribution in [0.5, 0.6) is 5.75 Å². The summed E-state index contributed by atoms with van der Waals surface area (Å²) in [5.74, 6) is 0.917. The van der Waals surface area contributed by atoms with Crippen molar-refractivity contribution in [2.75, 3.05) is 19.6 Å². The van der Waals surface area contributed by atoms with Gasteiger partial charge in [-0.3, -0.25) is 0 Å². The van der Waals surface area contributed by atoms with E-state index in [1.165, 1.54) is 12.1 Å². The number of benzene rings is 2. The molecule has 0 bridgehead atoms. The molecular formula is C18H19BrClFN2O. The van der Waals surface area contributed by atoms with Gasteiger partial charge in [-0.1, -0.05) is 33.6 Å². The largest absolute Gasteiger partial charge is 0.489 e. The van der Waals surface area contributed by atoms with E-state index >= 15 is 0 Å². The molecule has 0 spiro atoms. The maximum absolute atomic E-state index is 13.8. The molecule has 128 valence electrons. The van der Waals surface area contributed by atoms with E-state index in [2.05, 4.69) is 26.6 Å². The third kappa shape index (κ3) is 4.93. The van der Waals surface area contributed by atoms with Crippen LogP contribution >= 0.6 is 27.5 Å². The van der Waals surface area contributed by atoms with E-state index in [4.69, 9.17) is 16.3 Å². The average molecular weight is 414 g/mol. The van der Waals surface area contributed by atoms with Gasteiger partial charge in [-0.15, -0.1) is 0 Å². The van der Waals surface area contributed by atoms with E-state index in [9.17, 15) is 4.39 Å². The first kappa shape index (κ1) is 17.7. The van der Waals surface area contributed by atoms with E-state index in [1.54, 1.807) is 6.07 Å². The zero-order valence-electron chi connectivity index (χ0n) is 13.1. The highest BCUT2D eigenvalue weighted by Gasteiger charge is 2.15. The molecule has 0 atom stereocenters. The van der Waals surface area contributed by atoms with Gasteiger partial charge < -0.3 is 15.4 Å². The van der Waals surface area contributed by atoms with Crippen LogP contribution in [0.4, 0.5) is 4.39 Å². The molecule has 2 aromatic carbocycles. The smallest absolute Gasteiger partial charge is 0.127 e. The maximum Gasteiger partial charge on any atom is 0.127 e. The lowest BCUT2D eigenvalue weighted by Crippen LogP contribution is -2.47. The van der Waals surface area contributed by atoms with Gasteiger partial charge >= 0.3 is 0 Å². The van der Waals surface area contributed by atoms with Gasteiger partial charge in [0.1, 0.15) is 18.2 Å². The van der Waals surface area contributed by atoms with Crippen molar-refractivity contribution in [2.24, 2.45) is 5.92 Å². The van der Waals surface area contributed by atoms with Crippen LogP contribution in [0.2, 0.25) is 5.02 Å². The Kier molecular flexibility index (Phi) is 6.11. The molecule has 6 heteroatoms. The summed E-state index contributed by atoms with van der Waals surface area (Å²) in [6.07, 6.45) is 0. The Balaban J connectivity index is 1.58. The van der Waals surface area contributed by atoms with E-state index in [0.717, 1.165) is 35.2 Å². The van der Waals surface area contributed by atoms with E-state index in [-0.39, 0.29) is 5.82 Å². The zero-order chi connectivity index (χ0) is 16.9. The first-order valence-corrected chi connectivity index (χ1v) is 9.05. The number of ether oxygens (including phenoxy) is 1. The van der Waals surface area contributed by atoms with Gasteiger partial charge in [-0.25, -0.2) is 4.39 Å². The molecular weight excluding hydrogens is 395 g/mol. The third-order valence-corrected chi connectivity index (χ3v) is 4.94. The molecule has 0 unspecified atom stereocenters. The van der Waals surface area contributed by atoms with Gasteiger partial charge in [0.25, 0.3) is 0 Å². The summed E-state index contributed by atoms with van der Waals surface area (Å²) in [6, 6.07) is 10.3. The lowest BCUT2D eigenvalue weighted by Gasteiger charge is -2.27. The van der Waals surface area contributed by atoms with Crippen LogP contribution in [-0.2, 0) is 13.2 Å². The molecule has 1 aliphatic rings. The van der Waals surface area contributed by atoms with Gasteiger partial charge in [0.2, 0.25) is 0 Å².